The van der Waals surface area contributed by atoms with E-state index in [1.807, 2.05) is 30.9 Å². The molecule has 2 saturated heterocycles. The van der Waals surface area contributed by atoms with Gasteiger partial charge in [0.25, 0.3) is 5.91 Å². The maximum Gasteiger partial charge on any atom is 0.254 e. The van der Waals surface area contributed by atoms with Gasteiger partial charge in [0.1, 0.15) is 0 Å². The van der Waals surface area contributed by atoms with E-state index in [4.69, 9.17) is 0 Å². The molecule has 1 aromatic rings. The van der Waals surface area contributed by atoms with Gasteiger partial charge in [-0.3, -0.25) is 9.69 Å². The van der Waals surface area contributed by atoms with E-state index in [1.165, 1.54) is 0 Å². The van der Waals surface area contributed by atoms with E-state index in [0.29, 0.717) is 6.04 Å². The third kappa shape index (κ3) is 2.58. The molecule has 4 nitrogen and oxygen atoms in total. The molecule has 0 bridgehead atoms. The molecule has 4 heteroatoms. The lowest BCUT2D eigenvalue weighted by molar-refractivity contribution is 0.0501. The summed E-state index contributed by atoms with van der Waals surface area (Å²) in [6.07, 6.45) is 0. The summed E-state index contributed by atoms with van der Waals surface area (Å²) < 4.78 is 0. The van der Waals surface area contributed by atoms with E-state index in [0.717, 1.165) is 56.0 Å². The lowest BCUT2D eigenvalue weighted by Crippen LogP contribution is -2.62. The molecule has 0 saturated carbocycles. The van der Waals surface area contributed by atoms with Gasteiger partial charge in [0.2, 0.25) is 0 Å². The van der Waals surface area contributed by atoms with Crippen molar-refractivity contribution in [3.05, 3.63) is 34.9 Å². The van der Waals surface area contributed by atoms with Gasteiger partial charge in [-0.05, 0) is 25.5 Å². The predicted octanol–water partition coefficient (Wildman–Crippen LogP) is 1.03. The first-order valence-electron chi connectivity index (χ1n) is 7.46. The molecule has 0 unspecified atom stereocenters. The zero-order valence-corrected chi connectivity index (χ0v) is 12.4. The number of rotatable bonds is 2. The molecule has 20 heavy (non-hydrogen) atoms. The number of hydrogen-bond donors (Lipinski definition) is 1. The van der Waals surface area contributed by atoms with Gasteiger partial charge in [-0.25, -0.2) is 0 Å². The highest BCUT2D eigenvalue weighted by Crippen LogP contribution is 2.16. The van der Waals surface area contributed by atoms with E-state index < -0.39 is 0 Å². The Morgan fingerprint density at radius 1 is 1.15 bits per heavy atom. The van der Waals surface area contributed by atoms with Crippen LogP contribution in [0, 0.1) is 13.8 Å². The van der Waals surface area contributed by atoms with Crippen LogP contribution >= 0.6 is 0 Å². The highest BCUT2D eigenvalue weighted by Gasteiger charge is 2.29. The Morgan fingerprint density at radius 3 is 2.45 bits per heavy atom. The van der Waals surface area contributed by atoms with Crippen molar-refractivity contribution in [1.29, 1.82) is 0 Å². The molecule has 2 aliphatic heterocycles. The minimum atomic E-state index is 0.192. The number of piperazine rings is 1. The largest absolute Gasteiger partial charge is 0.336 e. The summed E-state index contributed by atoms with van der Waals surface area (Å²) in [5, 5.41) is 3.31. The predicted molar refractivity (Wildman–Crippen MR) is 80.1 cm³/mol. The monoisotopic (exact) mass is 273 g/mol. The Morgan fingerprint density at radius 2 is 1.85 bits per heavy atom. The summed E-state index contributed by atoms with van der Waals surface area (Å²) in [6, 6.07) is 6.81. The topological polar surface area (TPSA) is 35.6 Å². The molecule has 1 amide bonds. The van der Waals surface area contributed by atoms with Crippen LogP contribution in [0.1, 0.15) is 21.5 Å². The Labute approximate surface area is 120 Å². The number of carbonyl (C=O) groups is 1. The van der Waals surface area contributed by atoms with Gasteiger partial charge in [0.05, 0.1) is 0 Å². The van der Waals surface area contributed by atoms with Crippen LogP contribution in [-0.2, 0) is 0 Å². The van der Waals surface area contributed by atoms with Crippen LogP contribution in [0.15, 0.2) is 18.2 Å². The van der Waals surface area contributed by atoms with Gasteiger partial charge in [-0.15, -0.1) is 0 Å². The summed E-state index contributed by atoms with van der Waals surface area (Å²) >= 11 is 0. The second kappa shape index (κ2) is 5.54. The summed E-state index contributed by atoms with van der Waals surface area (Å²) in [4.78, 5) is 17.1. The van der Waals surface area contributed by atoms with Crippen LogP contribution in [0.4, 0.5) is 0 Å². The molecule has 0 aliphatic carbocycles. The minimum Gasteiger partial charge on any atom is -0.336 e. The number of nitrogens with zero attached hydrogens (tertiary/aromatic N) is 2. The first kappa shape index (κ1) is 13.6. The van der Waals surface area contributed by atoms with Crippen LogP contribution in [0.3, 0.4) is 0 Å². The van der Waals surface area contributed by atoms with Crippen molar-refractivity contribution < 1.29 is 4.79 Å². The first-order valence-corrected chi connectivity index (χ1v) is 7.46. The maximum atomic E-state index is 12.6. The summed E-state index contributed by atoms with van der Waals surface area (Å²) in [5.41, 5.74) is 3.09. The van der Waals surface area contributed by atoms with E-state index in [1.54, 1.807) is 0 Å². The second-order valence-corrected chi connectivity index (χ2v) is 5.96. The minimum absolute atomic E-state index is 0.192. The molecule has 3 rings (SSSR count). The van der Waals surface area contributed by atoms with Crippen molar-refractivity contribution in [2.45, 2.75) is 19.9 Å². The van der Waals surface area contributed by atoms with Crippen molar-refractivity contribution in [2.75, 3.05) is 39.3 Å². The van der Waals surface area contributed by atoms with Gasteiger partial charge in [0.15, 0.2) is 0 Å². The number of aryl methyl sites for hydroxylation is 2. The standard InChI is InChI=1S/C16H23N3O/c1-12-3-4-13(2)15(9-12)16(20)19-7-5-18(6-8-19)14-10-17-11-14/h3-4,9,14,17H,5-8,10-11H2,1-2H3. The first-order chi connectivity index (χ1) is 9.65. The molecule has 0 radical (unpaired) electrons. The fourth-order valence-electron chi connectivity index (χ4n) is 2.96. The van der Waals surface area contributed by atoms with Crippen LogP contribution < -0.4 is 5.32 Å². The van der Waals surface area contributed by atoms with Gasteiger partial charge < -0.3 is 10.2 Å². The van der Waals surface area contributed by atoms with Crippen molar-refractivity contribution >= 4 is 5.91 Å². The normalized spacial score (nSPS) is 20.8. The third-order valence-corrected chi connectivity index (χ3v) is 4.50. The lowest BCUT2D eigenvalue weighted by atomic mass is 10.0. The molecule has 1 aromatic carbocycles. The molecule has 2 heterocycles. The molecular formula is C16H23N3O. The Bertz CT molecular complexity index is 502. The van der Waals surface area contributed by atoms with E-state index >= 15 is 0 Å². The summed E-state index contributed by atoms with van der Waals surface area (Å²) in [5.74, 6) is 0.192. The van der Waals surface area contributed by atoms with Crippen LogP contribution in [0.2, 0.25) is 0 Å². The quantitative estimate of drug-likeness (QED) is 0.874. The Balaban J connectivity index is 1.65. The highest BCUT2D eigenvalue weighted by molar-refractivity contribution is 5.95. The average Bonchev–Trinajstić information content (AvgIpc) is 2.40. The zero-order chi connectivity index (χ0) is 14.1. The van der Waals surface area contributed by atoms with Gasteiger partial charge in [0, 0.05) is 50.9 Å². The molecule has 0 spiro atoms. The number of nitrogens with one attached hydrogen (secondary N) is 1. The van der Waals surface area contributed by atoms with E-state index in [9.17, 15) is 4.79 Å². The summed E-state index contributed by atoms with van der Waals surface area (Å²) in [6.45, 7) is 9.97. The third-order valence-electron chi connectivity index (χ3n) is 4.50. The number of benzene rings is 1. The fourth-order valence-corrected chi connectivity index (χ4v) is 2.96. The molecule has 0 aromatic heterocycles. The number of amides is 1. The van der Waals surface area contributed by atoms with E-state index in [-0.39, 0.29) is 5.91 Å². The molecule has 2 fully saturated rings. The molecule has 1 N–H and O–H groups in total. The molecule has 2 aliphatic rings. The van der Waals surface area contributed by atoms with Crippen LogP contribution in [-0.4, -0.2) is 61.0 Å². The molecule has 108 valence electrons. The number of carbonyl (C=O) groups excluding carboxylic acids is 1. The van der Waals surface area contributed by atoms with Crippen molar-refractivity contribution in [3.8, 4) is 0 Å². The van der Waals surface area contributed by atoms with Gasteiger partial charge >= 0.3 is 0 Å². The Hall–Kier alpha value is -1.39. The lowest BCUT2D eigenvalue weighted by Gasteiger charge is -2.43. The number of hydrogen-bond acceptors (Lipinski definition) is 3. The zero-order valence-electron chi connectivity index (χ0n) is 12.4. The van der Waals surface area contributed by atoms with Crippen molar-refractivity contribution in [2.24, 2.45) is 0 Å². The Kier molecular flexibility index (Phi) is 3.76. The van der Waals surface area contributed by atoms with Crippen molar-refractivity contribution in [3.63, 3.8) is 0 Å². The SMILES string of the molecule is Cc1ccc(C)c(C(=O)N2CCN(C3CNC3)CC2)c1. The van der Waals surface area contributed by atoms with Crippen molar-refractivity contribution in [1.82, 2.24) is 15.1 Å². The molecule has 0 atom stereocenters. The fraction of sp³-hybridized carbons (Fsp3) is 0.562. The van der Waals surface area contributed by atoms with E-state index in [2.05, 4.69) is 16.3 Å². The maximum absolute atomic E-state index is 12.6. The van der Waals surface area contributed by atoms with Gasteiger partial charge in [-0.1, -0.05) is 17.7 Å². The average molecular weight is 273 g/mol. The summed E-state index contributed by atoms with van der Waals surface area (Å²) in [7, 11) is 0. The van der Waals surface area contributed by atoms with Crippen LogP contribution in [0.5, 0.6) is 0 Å². The van der Waals surface area contributed by atoms with Gasteiger partial charge in [-0.2, -0.15) is 0 Å². The smallest absolute Gasteiger partial charge is 0.254 e. The highest BCUT2D eigenvalue weighted by atomic mass is 16.2. The van der Waals surface area contributed by atoms with Crippen LogP contribution in [0.25, 0.3) is 0 Å². The molecular weight excluding hydrogens is 250 g/mol. The second-order valence-electron chi connectivity index (χ2n) is 5.96.